The fourth-order valence-electron chi connectivity index (χ4n) is 0.997. The minimum Gasteiger partial charge on any atom is -0.380 e. The summed E-state index contributed by atoms with van der Waals surface area (Å²) < 4.78 is 5.01. The van der Waals surface area contributed by atoms with Crippen LogP contribution >= 0.6 is 0 Å². The molecule has 0 fully saturated rings. The Bertz CT molecular complexity index is 339. The van der Waals surface area contributed by atoms with Crippen LogP contribution < -0.4 is 10.6 Å². The Labute approximate surface area is 94.4 Å². The second-order valence-electron chi connectivity index (χ2n) is 3.31. The maximum absolute atomic E-state index is 11.6. The first-order valence-corrected chi connectivity index (χ1v) is 5.00. The molecule has 6 heteroatoms. The highest BCUT2D eigenvalue weighted by Gasteiger charge is 2.08. The molecule has 1 aromatic heterocycles. The molecule has 0 aliphatic heterocycles. The van der Waals surface area contributed by atoms with Crippen molar-refractivity contribution in [2.45, 2.75) is 13.0 Å². The molecule has 1 amide bonds. The number of hydrogen-bond acceptors (Lipinski definition) is 5. The average Bonchev–Trinajstić information content (AvgIpc) is 2.35. The Kier molecular flexibility index (Phi) is 4.65. The summed E-state index contributed by atoms with van der Waals surface area (Å²) in [5.41, 5.74) is 0.294. The van der Waals surface area contributed by atoms with E-state index in [9.17, 15) is 4.79 Å². The van der Waals surface area contributed by atoms with E-state index in [0.717, 1.165) is 0 Å². The minimum absolute atomic E-state index is 0.0199. The number of ether oxygens (including phenoxy) is 1. The molecule has 88 valence electrons. The molecule has 0 saturated heterocycles. The highest BCUT2D eigenvalue weighted by Crippen LogP contribution is 2.00. The molecule has 6 nitrogen and oxygen atoms in total. The van der Waals surface area contributed by atoms with Crippen LogP contribution in [0.3, 0.4) is 0 Å². The van der Waals surface area contributed by atoms with Gasteiger partial charge in [0.1, 0.15) is 5.82 Å². The van der Waals surface area contributed by atoms with Crippen LogP contribution in [0.15, 0.2) is 12.1 Å². The zero-order chi connectivity index (χ0) is 12.0. The fraction of sp³-hybridized carbons (Fsp3) is 0.500. The molecule has 0 aliphatic rings. The highest BCUT2D eigenvalue weighted by atomic mass is 16.5. The van der Waals surface area contributed by atoms with E-state index < -0.39 is 0 Å². The third-order valence-electron chi connectivity index (χ3n) is 2.11. The van der Waals surface area contributed by atoms with E-state index >= 15 is 0 Å². The zero-order valence-corrected chi connectivity index (χ0v) is 9.65. The maximum atomic E-state index is 11.6. The molecule has 0 radical (unpaired) electrons. The van der Waals surface area contributed by atoms with Crippen molar-refractivity contribution in [1.82, 2.24) is 15.5 Å². The number of aromatic nitrogens is 2. The van der Waals surface area contributed by atoms with E-state index in [1.165, 1.54) is 0 Å². The molecule has 1 atom stereocenters. The van der Waals surface area contributed by atoms with E-state index in [1.54, 1.807) is 26.3 Å². The lowest BCUT2D eigenvalue weighted by molar-refractivity contribution is 0.0865. The van der Waals surface area contributed by atoms with Crippen molar-refractivity contribution >= 4 is 11.7 Å². The quantitative estimate of drug-likeness (QED) is 0.751. The number of carbonyl (C=O) groups excluding carboxylic acids is 1. The van der Waals surface area contributed by atoms with Crippen LogP contribution in [0.5, 0.6) is 0 Å². The van der Waals surface area contributed by atoms with Crippen LogP contribution in [0.1, 0.15) is 17.4 Å². The third-order valence-corrected chi connectivity index (χ3v) is 2.11. The molecule has 1 rings (SSSR count). The van der Waals surface area contributed by atoms with Gasteiger partial charge in [-0.15, -0.1) is 10.2 Å². The fourth-order valence-corrected chi connectivity index (χ4v) is 0.997. The summed E-state index contributed by atoms with van der Waals surface area (Å²) in [4.78, 5) is 11.6. The van der Waals surface area contributed by atoms with Gasteiger partial charge < -0.3 is 15.4 Å². The highest BCUT2D eigenvalue weighted by molar-refractivity contribution is 5.92. The second kappa shape index (κ2) is 6.02. The van der Waals surface area contributed by atoms with Crippen molar-refractivity contribution in [3.63, 3.8) is 0 Å². The number of amides is 1. The summed E-state index contributed by atoms with van der Waals surface area (Å²) in [6.07, 6.45) is -0.0199. The molecular weight excluding hydrogens is 208 g/mol. The molecule has 1 aromatic rings. The monoisotopic (exact) mass is 224 g/mol. The van der Waals surface area contributed by atoms with E-state index in [4.69, 9.17) is 4.74 Å². The van der Waals surface area contributed by atoms with E-state index in [-0.39, 0.29) is 12.0 Å². The summed E-state index contributed by atoms with van der Waals surface area (Å²) in [6, 6.07) is 3.31. The molecule has 0 aromatic carbocycles. The molecule has 16 heavy (non-hydrogen) atoms. The summed E-state index contributed by atoms with van der Waals surface area (Å²) >= 11 is 0. The lowest BCUT2D eigenvalue weighted by Gasteiger charge is -2.10. The Morgan fingerprint density at radius 1 is 1.50 bits per heavy atom. The summed E-state index contributed by atoms with van der Waals surface area (Å²) in [5.74, 6) is 0.376. The lowest BCUT2D eigenvalue weighted by atomic mass is 10.3. The first-order valence-electron chi connectivity index (χ1n) is 5.00. The van der Waals surface area contributed by atoms with Crippen LogP contribution in [0, 0.1) is 0 Å². The summed E-state index contributed by atoms with van der Waals surface area (Å²) in [7, 11) is 3.34. The topological polar surface area (TPSA) is 76.1 Å². The van der Waals surface area contributed by atoms with Crippen molar-refractivity contribution in [3.05, 3.63) is 17.8 Å². The normalized spacial score (nSPS) is 11.9. The number of hydrogen-bond donors (Lipinski definition) is 2. The molecule has 2 N–H and O–H groups in total. The first kappa shape index (κ1) is 12.4. The zero-order valence-electron chi connectivity index (χ0n) is 9.65. The Morgan fingerprint density at radius 3 is 2.75 bits per heavy atom. The van der Waals surface area contributed by atoms with Gasteiger partial charge in [-0.05, 0) is 19.1 Å². The number of rotatable bonds is 5. The molecule has 0 aliphatic carbocycles. The van der Waals surface area contributed by atoms with Gasteiger partial charge in [0.15, 0.2) is 5.69 Å². The van der Waals surface area contributed by atoms with Crippen molar-refractivity contribution in [2.24, 2.45) is 0 Å². The number of carbonyl (C=O) groups is 1. The van der Waals surface area contributed by atoms with E-state index in [1.807, 2.05) is 6.92 Å². The van der Waals surface area contributed by atoms with Crippen LogP contribution in [0.25, 0.3) is 0 Å². The molecule has 0 saturated carbocycles. The molecule has 1 heterocycles. The van der Waals surface area contributed by atoms with Crippen molar-refractivity contribution in [2.75, 3.05) is 26.0 Å². The summed E-state index contributed by atoms with van der Waals surface area (Å²) in [6.45, 7) is 2.32. The van der Waals surface area contributed by atoms with Gasteiger partial charge in [-0.2, -0.15) is 0 Å². The van der Waals surface area contributed by atoms with E-state index in [0.29, 0.717) is 18.1 Å². The number of nitrogens with one attached hydrogen (secondary N) is 2. The largest absolute Gasteiger partial charge is 0.380 e. The third kappa shape index (κ3) is 3.47. The molecule has 0 spiro atoms. The van der Waals surface area contributed by atoms with Gasteiger partial charge in [0.25, 0.3) is 5.91 Å². The SMILES string of the molecule is CNc1ccc(C(=O)NCC(C)OC)nn1. The van der Waals surface area contributed by atoms with Crippen molar-refractivity contribution in [1.29, 1.82) is 0 Å². The summed E-state index contributed by atoms with van der Waals surface area (Å²) in [5, 5.41) is 13.1. The Morgan fingerprint density at radius 2 is 2.25 bits per heavy atom. The number of anilines is 1. The molecule has 0 bridgehead atoms. The van der Waals surface area contributed by atoms with Gasteiger partial charge in [0, 0.05) is 20.7 Å². The first-order chi connectivity index (χ1) is 7.67. The van der Waals surface area contributed by atoms with E-state index in [2.05, 4.69) is 20.8 Å². The predicted octanol–water partition coefficient (Wildman–Crippen LogP) is 0.283. The standard InChI is InChI=1S/C10H16N4O2/c1-7(16-3)6-12-10(15)8-4-5-9(11-2)14-13-8/h4-5,7H,6H2,1-3H3,(H,11,14)(H,12,15). The Balaban J connectivity index is 2.52. The predicted molar refractivity (Wildman–Crippen MR) is 60.4 cm³/mol. The van der Waals surface area contributed by atoms with Gasteiger partial charge >= 0.3 is 0 Å². The van der Waals surface area contributed by atoms with Gasteiger partial charge in [-0.3, -0.25) is 4.79 Å². The van der Waals surface area contributed by atoms with Gasteiger partial charge in [-0.25, -0.2) is 0 Å². The van der Waals surface area contributed by atoms with Crippen molar-refractivity contribution < 1.29 is 9.53 Å². The van der Waals surface area contributed by atoms with Crippen LogP contribution in [-0.2, 0) is 4.74 Å². The van der Waals surface area contributed by atoms with Gasteiger partial charge in [0.05, 0.1) is 6.10 Å². The minimum atomic E-state index is -0.251. The van der Waals surface area contributed by atoms with Gasteiger partial charge in [0.2, 0.25) is 0 Å². The number of nitrogens with zero attached hydrogens (tertiary/aromatic N) is 2. The van der Waals surface area contributed by atoms with Crippen molar-refractivity contribution in [3.8, 4) is 0 Å². The van der Waals surface area contributed by atoms with Crippen LogP contribution in [0.4, 0.5) is 5.82 Å². The average molecular weight is 224 g/mol. The molecular formula is C10H16N4O2. The smallest absolute Gasteiger partial charge is 0.271 e. The van der Waals surface area contributed by atoms with Crippen LogP contribution in [0.2, 0.25) is 0 Å². The second-order valence-corrected chi connectivity index (χ2v) is 3.31. The number of methoxy groups -OCH3 is 1. The Hall–Kier alpha value is -1.69. The van der Waals surface area contributed by atoms with Crippen LogP contribution in [-0.4, -0.2) is 42.9 Å². The lowest BCUT2D eigenvalue weighted by Crippen LogP contribution is -2.32. The van der Waals surface area contributed by atoms with Gasteiger partial charge in [-0.1, -0.05) is 0 Å². The maximum Gasteiger partial charge on any atom is 0.271 e. The molecule has 1 unspecified atom stereocenters.